The van der Waals surface area contributed by atoms with E-state index in [9.17, 15) is 19.5 Å². The molecule has 8 nitrogen and oxygen atoms in total. The maximum Gasteiger partial charge on any atom is 0.311 e. The third-order valence-electron chi connectivity index (χ3n) is 3.99. The van der Waals surface area contributed by atoms with Gasteiger partial charge < -0.3 is 24.1 Å². The van der Waals surface area contributed by atoms with Gasteiger partial charge in [0.15, 0.2) is 18.5 Å². The fourth-order valence-electron chi connectivity index (χ4n) is 2.09. The van der Waals surface area contributed by atoms with Crippen LogP contribution in [0.5, 0.6) is 0 Å². The van der Waals surface area contributed by atoms with E-state index in [0.29, 0.717) is 0 Å². The number of carbonyl (C=O) groups excluding carboxylic acids is 3. The van der Waals surface area contributed by atoms with Crippen LogP contribution in [0.15, 0.2) is 0 Å². The number of hydrogen-bond donors (Lipinski definition) is 1. The minimum Gasteiger partial charge on any atom is -0.462 e. The van der Waals surface area contributed by atoms with Gasteiger partial charge in [0.2, 0.25) is 0 Å². The van der Waals surface area contributed by atoms with Crippen molar-refractivity contribution in [1.82, 2.24) is 0 Å². The molecule has 0 bridgehead atoms. The summed E-state index contributed by atoms with van der Waals surface area (Å²) in [6, 6.07) is 0. The van der Waals surface area contributed by atoms with Crippen LogP contribution in [0, 0.1) is 16.2 Å². The third-order valence-corrected chi connectivity index (χ3v) is 3.99. The molecule has 162 valence electrons. The highest BCUT2D eigenvalue weighted by Gasteiger charge is 2.51. The van der Waals surface area contributed by atoms with Gasteiger partial charge in [-0.05, 0) is 62.3 Å². The molecule has 1 N–H and O–H groups in total. The molecule has 0 aromatic heterocycles. The molecule has 2 unspecified atom stereocenters. The molecule has 1 aliphatic rings. The number of aliphatic hydroxyl groups is 1. The number of aliphatic hydroxyl groups excluding tert-OH is 1. The van der Waals surface area contributed by atoms with Crippen LogP contribution in [0.3, 0.4) is 0 Å². The summed E-state index contributed by atoms with van der Waals surface area (Å²) in [6.45, 7) is 14.9. The monoisotopic (exact) mass is 402 g/mol. The molecule has 28 heavy (non-hydrogen) atoms. The molecule has 1 rings (SSSR count). The van der Waals surface area contributed by atoms with Gasteiger partial charge in [-0.1, -0.05) is 0 Å². The summed E-state index contributed by atoms with van der Waals surface area (Å²) in [5, 5.41) is 10.3. The number of hydrogen-bond acceptors (Lipinski definition) is 8. The van der Waals surface area contributed by atoms with Gasteiger partial charge in [-0.25, -0.2) is 0 Å². The number of ether oxygens (including phenoxy) is 4. The van der Waals surface area contributed by atoms with Gasteiger partial charge in [-0.15, -0.1) is 0 Å². The van der Waals surface area contributed by atoms with Crippen LogP contribution in [0.4, 0.5) is 0 Å². The molecule has 0 aromatic rings. The largest absolute Gasteiger partial charge is 0.462 e. The Labute approximate surface area is 166 Å². The first-order valence-corrected chi connectivity index (χ1v) is 9.37. The van der Waals surface area contributed by atoms with Crippen LogP contribution in [0.2, 0.25) is 0 Å². The van der Waals surface area contributed by atoms with Crippen molar-refractivity contribution >= 4 is 17.9 Å². The van der Waals surface area contributed by atoms with Gasteiger partial charge in [0, 0.05) is 0 Å². The molecule has 1 saturated heterocycles. The summed E-state index contributed by atoms with van der Waals surface area (Å²) < 4.78 is 21.5. The maximum atomic E-state index is 12.4. The number of esters is 3. The second-order valence-corrected chi connectivity index (χ2v) is 10.2. The molecule has 0 radical (unpaired) electrons. The molecular formula is C20H34O8. The molecule has 1 fully saturated rings. The minimum atomic E-state index is -1.51. The SMILES string of the molecule is CC(C)(C)C(=O)OCC1OC(O)[C@H](OC(=O)C(C)(C)C)[C@@H]1OC(=O)C(C)(C)C. The topological polar surface area (TPSA) is 108 Å². The van der Waals surface area contributed by atoms with Crippen LogP contribution in [0.1, 0.15) is 62.3 Å². The fraction of sp³-hybridized carbons (Fsp3) is 0.850. The first-order valence-electron chi connectivity index (χ1n) is 9.37. The Balaban J connectivity index is 3.02. The molecule has 0 amide bonds. The van der Waals surface area contributed by atoms with E-state index in [1.165, 1.54) is 0 Å². The van der Waals surface area contributed by atoms with Crippen LogP contribution in [-0.4, -0.2) is 54.2 Å². The van der Waals surface area contributed by atoms with Crippen LogP contribution >= 0.6 is 0 Å². The Morgan fingerprint density at radius 3 is 1.54 bits per heavy atom. The van der Waals surface area contributed by atoms with E-state index in [0.717, 1.165) is 0 Å². The Bertz CT molecular complexity index is 591. The highest BCUT2D eigenvalue weighted by Crippen LogP contribution is 2.31. The standard InChI is InChI=1S/C20H34O8/c1-18(2,3)15(22)25-10-11-12(27-16(23)19(4,5)6)13(14(21)26-11)28-17(24)20(7,8)9/h11-14,21H,10H2,1-9H3/t11?,12-,13-,14?/m1/s1. The lowest BCUT2D eigenvalue weighted by Crippen LogP contribution is -2.45. The molecule has 0 aromatic carbocycles. The fourth-order valence-corrected chi connectivity index (χ4v) is 2.09. The van der Waals surface area contributed by atoms with Crippen LogP contribution in [-0.2, 0) is 33.3 Å². The molecule has 4 atom stereocenters. The molecule has 0 spiro atoms. The van der Waals surface area contributed by atoms with E-state index < -0.39 is 58.8 Å². The van der Waals surface area contributed by atoms with E-state index in [1.54, 1.807) is 62.3 Å². The van der Waals surface area contributed by atoms with Crippen molar-refractivity contribution in [2.45, 2.75) is 86.9 Å². The predicted octanol–water partition coefficient (Wildman–Crippen LogP) is 2.21. The van der Waals surface area contributed by atoms with Gasteiger partial charge in [-0.2, -0.15) is 0 Å². The van der Waals surface area contributed by atoms with E-state index >= 15 is 0 Å². The third kappa shape index (κ3) is 6.44. The number of carbonyl (C=O) groups is 3. The molecule has 0 aliphatic carbocycles. The van der Waals surface area contributed by atoms with Gasteiger partial charge in [-0.3, -0.25) is 14.4 Å². The van der Waals surface area contributed by atoms with Crippen LogP contribution in [0.25, 0.3) is 0 Å². The summed E-state index contributed by atoms with van der Waals surface area (Å²) in [5.74, 6) is -1.61. The quantitative estimate of drug-likeness (QED) is 0.563. The minimum absolute atomic E-state index is 0.251. The Kier molecular flexibility index (Phi) is 7.28. The van der Waals surface area contributed by atoms with Gasteiger partial charge in [0.05, 0.1) is 16.2 Å². The van der Waals surface area contributed by atoms with Gasteiger partial charge >= 0.3 is 17.9 Å². The lowest BCUT2D eigenvalue weighted by molar-refractivity contribution is -0.185. The summed E-state index contributed by atoms with van der Waals surface area (Å²) in [5.41, 5.74) is -2.37. The maximum absolute atomic E-state index is 12.4. The zero-order chi connectivity index (χ0) is 22.1. The second-order valence-electron chi connectivity index (χ2n) is 10.2. The van der Waals surface area contributed by atoms with Crippen molar-refractivity contribution in [1.29, 1.82) is 0 Å². The zero-order valence-corrected chi connectivity index (χ0v) is 18.3. The lowest BCUT2D eigenvalue weighted by atomic mass is 9.96. The first-order chi connectivity index (χ1) is 12.4. The molecule has 1 aliphatic heterocycles. The number of rotatable bonds is 4. The Morgan fingerprint density at radius 1 is 0.750 bits per heavy atom. The summed E-state index contributed by atoms with van der Waals surface area (Å²) in [7, 11) is 0. The highest BCUT2D eigenvalue weighted by atomic mass is 16.7. The Morgan fingerprint density at radius 2 is 1.14 bits per heavy atom. The average Bonchev–Trinajstić information content (AvgIpc) is 2.78. The van der Waals surface area contributed by atoms with Crippen molar-refractivity contribution in [2.24, 2.45) is 16.2 Å². The molecule has 0 saturated carbocycles. The summed E-state index contributed by atoms with van der Waals surface area (Å²) in [6.07, 6.45) is -4.81. The van der Waals surface area contributed by atoms with Crippen molar-refractivity contribution < 1.29 is 38.4 Å². The zero-order valence-electron chi connectivity index (χ0n) is 18.3. The van der Waals surface area contributed by atoms with Gasteiger partial charge in [0.1, 0.15) is 12.7 Å². The van der Waals surface area contributed by atoms with E-state index in [4.69, 9.17) is 18.9 Å². The van der Waals surface area contributed by atoms with E-state index in [2.05, 4.69) is 0 Å². The summed E-state index contributed by atoms with van der Waals surface area (Å²) >= 11 is 0. The molecule has 1 heterocycles. The van der Waals surface area contributed by atoms with Crippen LogP contribution < -0.4 is 0 Å². The molecular weight excluding hydrogens is 368 g/mol. The predicted molar refractivity (Wildman–Crippen MR) is 100.0 cm³/mol. The molecule has 8 heteroatoms. The summed E-state index contributed by atoms with van der Waals surface area (Å²) in [4.78, 5) is 36.7. The smallest absolute Gasteiger partial charge is 0.311 e. The van der Waals surface area contributed by atoms with Gasteiger partial charge in [0.25, 0.3) is 0 Å². The van der Waals surface area contributed by atoms with Crippen molar-refractivity contribution in [3.63, 3.8) is 0 Å². The van der Waals surface area contributed by atoms with E-state index in [1.807, 2.05) is 0 Å². The first kappa shape index (κ1) is 24.4. The average molecular weight is 402 g/mol. The van der Waals surface area contributed by atoms with E-state index in [-0.39, 0.29) is 6.61 Å². The highest BCUT2D eigenvalue weighted by molar-refractivity contribution is 5.77. The van der Waals surface area contributed by atoms with Crippen molar-refractivity contribution in [3.8, 4) is 0 Å². The second kappa shape index (κ2) is 8.37. The van der Waals surface area contributed by atoms with Crippen molar-refractivity contribution in [2.75, 3.05) is 6.61 Å². The lowest BCUT2D eigenvalue weighted by Gasteiger charge is -2.28. The van der Waals surface area contributed by atoms with Crippen molar-refractivity contribution in [3.05, 3.63) is 0 Å². The Hall–Kier alpha value is -1.67. The normalized spacial score (nSPS) is 25.9.